The molecule has 1 heterocycles. The van der Waals surface area contributed by atoms with Crippen molar-refractivity contribution in [1.82, 2.24) is 9.88 Å². The van der Waals surface area contributed by atoms with Crippen molar-refractivity contribution < 1.29 is 14.7 Å². The highest BCUT2D eigenvalue weighted by molar-refractivity contribution is 5.94. The van der Waals surface area contributed by atoms with Gasteiger partial charge in [-0.1, -0.05) is 0 Å². The Morgan fingerprint density at radius 2 is 2.12 bits per heavy atom. The Balaban J connectivity index is 2.88. The number of nitrogens with one attached hydrogen (secondary N) is 1. The van der Waals surface area contributed by atoms with Crippen molar-refractivity contribution in [2.75, 3.05) is 19.4 Å². The highest BCUT2D eigenvalue weighted by atomic mass is 16.4. The van der Waals surface area contributed by atoms with Crippen LogP contribution in [0.15, 0.2) is 18.3 Å². The van der Waals surface area contributed by atoms with E-state index in [2.05, 4.69) is 10.3 Å². The van der Waals surface area contributed by atoms with Gasteiger partial charge in [0.1, 0.15) is 17.4 Å². The van der Waals surface area contributed by atoms with E-state index in [0.717, 1.165) is 0 Å². The predicted octanol–water partition coefficient (Wildman–Crippen LogP) is 0.668. The van der Waals surface area contributed by atoms with Gasteiger partial charge in [-0.05, 0) is 19.1 Å². The highest BCUT2D eigenvalue weighted by Crippen LogP contribution is 2.12. The lowest BCUT2D eigenvalue weighted by Gasteiger charge is -2.19. The standard InChI is InChI=1S/C11H15N3O3/c1-7(10(15)14(2)3)13-9-8(11(16)17)5-4-6-12-9/h4-7H,1-3H3,(H,12,13)(H,16,17). The van der Waals surface area contributed by atoms with Crippen LogP contribution in [0.1, 0.15) is 17.3 Å². The minimum atomic E-state index is -1.08. The van der Waals surface area contributed by atoms with Crippen LogP contribution < -0.4 is 5.32 Å². The van der Waals surface area contributed by atoms with Crippen LogP contribution in [0, 0.1) is 0 Å². The van der Waals surface area contributed by atoms with Crippen LogP contribution in [0.4, 0.5) is 5.82 Å². The van der Waals surface area contributed by atoms with E-state index in [1.807, 2.05) is 0 Å². The van der Waals surface area contributed by atoms with Crippen molar-refractivity contribution in [3.8, 4) is 0 Å². The van der Waals surface area contributed by atoms with E-state index < -0.39 is 12.0 Å². The number of aromatic nitrogens is 1. The third-order valence-electron chi connectivity index (χ3n) is 2.20. The number of carbonyl (C=O) groups excluding carboxylic acids is 1. The van der Waals surface area contributed by atoms with Gasteiger partial charge in [-0.2, -0.15) is 0 Å². The summed E-state index contributed by atoms with van der Waals surface area (Å²) in [4.78, 5) is 27.9. The molecule has 0 saturated heterocycles. The maximum atomic E-state index is 11.6. The Bertz CT molecular complexity index is 432. The van der Waals surface area contributed by atoms with Crippen LogP contribution in [0.2, 0.25) is 0 Å². The molecule has 0 spiro atoms. The molecule has 1 aromatic rings. The van der Waals surface area contributed by atoms with Crippen molar-refractivity contribution in [1.29, 1.82) is 0 Å². The first kappa shape index (κ1) is 13.0. The number of aromatic carboxylic acids is 1. The molecule has 0 aliphatic heterocycles. The predicted molar refractivity (Wildman–Crippen MR) is 63.0 cm³/mol. The van der Waals surface area contributed by atoms with Crippen LogP contribution in [0.25, 0.3) is 0 Å². The second-order valence-electron chi connectivity index (χ2n) is 3.80. The van der Waals surface area contributed by atoms with E-state index in [1.165, 1.54) is 23.2 Å². The molecule has 1 aromatic heterocycles. The van der Waals surface area contributed by atoms with Crippen LogP contribution in [-0.2, 0) is 4.79 Å². The number of amides is 1. The van der Waals surface area contributed by atoms with Gasteiger partial charge in [0, 0.05) is 20.3 Å². The van der Waals surface area contributed by atoms with Crippen LogP contribution in [-0.4, -0.2) is 47.0 Å². The summed E-state index contributed by atoms with van der Waals surface area (Å²) in [7, 11) is 3.27. The van der Waals surface area contributed by atoms with Gasteiger partial charge in [0.2, 0.25) is 5.91 Å². The summed E-state index contributed by atoms with van der Waals surface area (Å²) in [6, 6.07) is 2.44. The molecule has 0 aromatic carbocycles. The lowest BCUT2D eigenvalue weighted by Crippen LogP contribution is -2.37. The second kappa shape index (κ2) is 5.29. The van der Waals surface area contributed by atoms with Crippen molar-refractivity contribution in [3.05, 3.63) is 23.9 Å². The van der Waals surface area contributed by atoms with Crippen molar-refractivity contribution in [2.45, 2.75) is 13.0 Å². The summed E-state index contributed by atoms with van der Waals surface area (Å²) in [6.45, 7) is 1.66. The first-order valence-corrected chi connectivity index (χ1v) is 5.09. The molecule has 0 radical (unpaired) electrons. The number of nitrogens with zero attached hydrogens (tertiary/aromatic N) is 2. The van der Waals surface area contributed by atoms with Gasteiger partial charge in [-0.25, -0.2) is 9.78 Å². The zero-order valence-corrected chi connectivity index (χ0v) is 9.97. The summed E-state index contributed by atoms with van der Waals surface area (Å²) in [5.74, 6) is -1.03. The molecule has 0 bridgehead atoms. The number of hydrogen-bond donors (Lipinski definition) is 2. The molecular formula is C11H15N3O3. The van der Waals surface area contributed by atoms with Crippen LogP contribution in [0.3, 0.4) is 0 Å². The molecule has 0 aliphatic rings. The normalized spacial score (nSPS) is 11.7. The minimum Gasteiger partial charge on any atom is -0.478 e. The van der Waals surface area contributed by atoms with E-state index in [1.54, 1.807) is 21.0 Å². The molecule has 2 N–H and O–H groups in total. The average molecular weight is 237 g/mol. The quantitative estimate of drug-likeness (QED) is 0.804. The van der Waals surface area contributed by atoms with Crippen molar-refractivity contribution in [2.24, 2.45) is 0 Å². The molecule has 0 aliphatic carbocycles. The fraction of sp³-hybridized carbons (Fsp3) is 0.364. The fourth-order valence-electron chi connectivity index (χ4n) is 1.35. The molecule has 6 nitrogen and oxygen atoms in total. The number of likely N-dealkylation sites (N-methyl/N-ethyl adjacent to an activating group) is 1. The summed E-state index contributed by atoms with van der Waals surface area (Å²) in [6.07, 6.45) is 1.47. The molecule has 0 saturated carbocycles. The van der Waals surface area contributed by atoms with Gasteiger partial charge >= 0.3 is 5.97 Å². The summed E-state index contributed by atoms with van der Waals surface area (Å²) < 4.78 is 0. The maximum absolute atomic E-state index is 11.6. The number of pyridine rings is 1. The molecule has 0 fully saturated rings. The lowest BCUT2D eigenvalue weighted by molar-refractivity contribution is -0.129. The van der Waals surface area contributed by atoms with Crippen molar-refractivity contribution >= 4 is 17.7 Å². The van der Waals surface area contributed by atoms with Gasteiger partial charge < -0.3 is 15.3 Å². The van der Waals surface area contributed by atoms with Gasteiger partial charge in [-0.15, -0.1) is 0 Å². The topological polar surface area (TPSA) is 82.5 Å². The fourth-order valence-corrected chi connectivity index (χ4v) is 1.35. The number of carboxylic acids is 1. The van der Waals surface area contributed by atoms with E-state index in [9.17, 15) is 9.59 Å². The molecular weight excluding hydrogens is 222 g/mol. The zero-order chi connectivity index (χ0) is 13.0. The van der Waals surface area contributed by atoms with Crippen LogP contribution in [0.5, 0.6) is 0 Å². The third kappa shape index (κ3) is 3.17. The smallest absolute Gasteiger partial charge is 0.339 e. The summed E-state index contributed by atoms with van der Waals surface area (Å²) in [5, 5.41) is 11.7. The van der Waals surface area contributed by atoms with E-state index >= 15 is 0 Å². The van der Waals surface area contributed by atoms with Gasteiger partial charge in [0.15, 0.2) is 0 Å². The Morgan fingerprint density at radius 3 is 2.65 bits per heavy atom. The average Bonchev–Trinajstić information content (AvgIpc) is 2.28. The Morgan fingerprint density at radius 1 is 1.47 bits per heavy atom. The molecule has 1 atom stereocenters. The SMILES string of the molecule is CC(Nc1ncccc1C(=O)O)C(=O)N(C)C. The third-order valence-corrected chi connectivity index (χ3v) is 2.20. The first-order valence-electron chi connectivity index (χ1n) is 5.09. The Hall–Kier alpha value is -2.11. The molecule has 92 valence electrons. The Kier molecular flexibility index (Phi) is 4.03. The zero-order valence-electron chi connectivity index (χ0n) is 9.97. The molecule has 1 amide bonds. The van der Waals surface area contributed by atoms with E-state index in [0.29, 0.717) is 0 Å². The monoisotopic (exact) mass is 237 g/mol. The lowest BCUT2D eigenvalue weighted by atomic mass is 10.2. The highest BCUT2D eigenvalue weighted by Gasteiger charge is 2.18. The second-order valence-corrected chi connectivity index (χ2v) is 3.80. The van der Waals surface area contributed by atoms with Crippen LogP contribution >= 0.6 is 0 Å². The van der Waals surface area contributed by atoms with Gasteiger partial charge in [0.05, 0.1) is 0 Å². The molecule has 1 unspecified atom stereocenters. The summed E-state index contributed by atoms with van der Waals surface area (Å²) in [5.41, 5.74) is 0.0471. The maximum Gasteiger partial charge on any atom is 0.339 e. The molecule has 1 rings (SSSR count). The first-order chi connectivity index (χ1) is 7.93. The van der Waals surface area contributed by atoms with E-state index in [4.69, 9.17) is 5.11 Å². The summed E-state index contributed by atoms with van der Waals surface area (Å²) >= 11 is 0. The minimum absolute atomic E-state index is 0.0471. The number of rotatable bonds is 4. The number of carboxylic acid groups (broad SMARTS) is 1. The van der Waals surface area contributed by atoms with Crippen molar-refractivity contribution in [3.63, 3.8) is 0 Å². The number of carbonyl (C=O) groups is 2. The molecule has 17 heavy (non-hydrogen) atoms. The number of hydrogen-bond acceptors (Lipinski definition) is 4. The molecule has 6 heteroatoms. The number of anilines is 1. The van der Waals surface area contributed by atoms with E-state index in [-0.39, 0.29) is 17.3 Å². The Labute approximate surface area is 99.3 Å². The van der Waals surface area contributed by atoms with Gasteiger partial charge in [0.25, 0.3) is 0 Å². The largest absolute Gasteiger partial charge is 0.478 e. The van der Waals surface area contributed by atoms with Gasteiger partial charge in [-0.3, -0.25) is 4.79 Å².